The summed E-state index contributed by atoms with van der Waals surface area (Å²) in [4.78, 5) is 11.7. The molecule has 3 aromatic rings. The largest absolute Gasteiger partial charge is 0.496 e. The molecule has 3 rings (SSSR count). The zero-order chi connectivity index (χ0) is 19.7. The number of carbonyl (C=O) groups excluding carboxylic acids is 1. The van der Waals surface area contributed by atoms with Crippen molar-refractivity contribution in [2.75, 3.05) is 35.5 Å². The number of carbonyl (C=O) groups is 1. The van der Waals surface area contributed by atoms with Crippen molar-refractivity contribution in [2.24, 2.45) is 0 Å². The molecule has 0 heterocycles. The second kappa shape index (κ2) is 7.23. The smallest absolute Gasteiger partial charge is 0.154 e. The van der Waals surface area contributed by atoms with E-state index in [-0.39, 0.29) is 0 Å². The van der Waals surface area contributed by atoms with E-state index in [9.17, 15) is 4.79 Å². The molecule has 0 N–H and O–H groups in total. The Bertz CT molecular complexity index is 1040. The van der Waals surface area contributed by atoms with Gasteiger partial charge >= 0.3 is 0 Å². The van der Waals surface area contributed by atoms with Crippen LogP contribution in [0.3, 0.4) is 0 Å². The molecule has 6 nitrogen and oxygen atoms in total. The molecule has 3 aromatic carbocycles. The lowest BCUT2D eigenvalue weighted by atomic mass is 9.93. The number of ether oxygens (including phenoxy) is 5. The van der Waals surface area contributed by atoms with Gasteiger partial charge in [0.25, 0.3) is 0 Å². The first kappa shape index (κ1) is 18.6. The second-order valence-electron chi connectivity index (χ2n) is 5.94. The minimum atomic E-state index is 0.464. The summed E-state index contributed by atoms with van der Waals surface area (Å²) in [6, 6.07) is 5.42. The summed E-state index contributed by atoms with van der Waals surface area (Å²) in [5.41, 5.74) is 1.20. The maximum absolute atomic E-state index is 11.7. The van der Waals surface area contributed by atoms with Crippen LogP contribution in [0.25, 0.3) is 21.5 Å². The van der Waals surface area contributed by atoms with E-state index in [1.54, 1.807) is 34.5 Å². The molecule has 0 atom stereocenters. The number of aldehydes is 1. The molecule has 0 bridgehead atoms. The van der Waals surface area contributed by atoms with Gasteiger partial charge < -0.3 is 23.7 Å². The molecule has 27 heavy (non-hydrogen) atoms. The van der Waals surface area contributed by atoms with Crippen LogP contribution in [0, 0.1) is 6.92 Å². The molecular formula is C21H22O6. The summed E-state index contributed by atoms with van der Waals surface area (Å²) in [5.74, 6) is 2.89. The topological polar surface area (TPSA) is 63.2 Å². The third kappa shape index (κ3) is 2.60. The Morgan fingerprint density at radius 2 is 1.22 bits per heavy atom. The van der Waals surface area contributed by atoms with Crippen molar-refractivity contribution < 1.29 is 28.5 Å². The third-order valence-corrected chi connectivity index (χ3v) is 4.83. The van der Waals surface area contributed by atoms with E-state index >= 15 is 0 Å². The molecule has 0 aromatic heterocycles. The summed E-state index contributed by atoms with van der Waals surface area (Å²) in [7, 11) is 7.90. The number of fused-ring (bicyclic) bond motifs is 2. The van der Waals surface area contributed by atoms with Gasteiger partial charge in [-0.2, -0.15) is 0 Å². The van der Waals surface area contributed by atoms with Crippen molar-refractivity contribution in [3.63, 3.8) is 0 Å². The third-order valence-electron chi connectivity index (χ3n) is 4.83. The summed E-state index contributed by atoms with van der Waals surface area (Å²) in [6.45, 7) is 1.86. The van der Waals surface area contributed by atoms with Crippen LogP contribution < -0.4 is 23.7 Å². The minimum Gasteiger partial charge on any atom is -0.496 e. The first-order valence-corrected chi connectivity index (χ1v) is 8.32. The molecule has 142 valence electrons. The highest BCUT2D eigenvalue weighted by Crippen LogP contribution is 2.51. The molecule has 0 saturated carbocycles. The van der Waals surface area contributed by atoms with Crippen LogP contribution in [0.5, 0.6) is 28.7 Å². The highest BCUT2D eigenvalue weighted by molar-refractivity contribution is 6.17. The van der Waals surface area contributed by atoms with Gasteiger partial charge in [0.15, 0.2) is 6.29 Å². The number of rotatable bonds is 6. The van der Waals surface area contributed by atoms with Crippen molar-refractivity contribution in [1.82, 2.24) is 0 Å². The minimum absolute atomic E-state index is 0.464. The van der Waals surface area contributed by atoms with Gasteiger partial charge in [0.05, 0.1) is 51.9 Å². The molecule has 0 radical (unpaired) electrons. The molecule has 0 amide bonds. The predicted molar refractivity (Wildman–Crippen MR) is 104 cm³/mol. The van der Waals surface area contributed by atoms with Crippen LogP contribution in [-0.2, 0) is 0 Å². The van der Waals surface area contributed by atoms with Gasteiger partial charge in [-0.3, -0.25) is 4.79 Å². The first-order chi connectivity index (χ1) is 13.1. The van der Waals surface area contributed by atoms with E-state index in [4.69, 9.17) is 23.7 Å². The fourth-order valence-corrected chi connectivity index (χ4v) is 3.62. The number of aryl methyl sites for hydroxylation is 1. The molecule has 0 unspecified atom stereocenters. The fourth-order valence-electron chi connectivity index (χ4n) is 3.62. The van der Waals surface area contributed by atoms with Gasteiger partial charge in [0.2, 0.25) is 0 Å². The van der Waals surface area contributed by atoms with E-state index in [1.165, 1.54) is 7.11 Å². The van der Waals surface area contributed by atoms with Gasteiger partial charge in [-0.1, -0.05) is 0 Å². The van der Waals surface area contributed by atoms with Gasteiger partial charge in [-0.25, -0.2) is 0 Å². The average Bonchev–Trinajstić information content (AvgIpc) is 2.70. The van der Waals surface area contributed by atoms with Crippen molar-refractivity contribution in [1.29, 1.82) is 0 Å². The number of methoxy groups -OCH3 is 5. The van der Waals surface area contributed by atoms with Crippen LogP contribution in [0.1, 0.15) is 15.9 Å². The monoisotopic (exact) mass is 370 g/mol. The maximum atomic E-state index is 11.7. The summed E-state index contributed by atoms with van der Waals surface area (Å²) < 4.78 is 28.1. The predicted octanol–water partition coefficient (Wildman–Crippen LogP) is 4.16. The number of benzene rings is 3. The highest BCUT2D eigenvalue weighted by atomic mass is 16.5. The van der Waals surface area contributed by atoms with Crippen LogP contribution in [0.15, 0.2) is 18.2 Å². The van der Waals surface area contributed by atoms with E-state index in [1.807, 2.05) is 19.1 Å². The van der Waals surface area contributed by atoms with Gasteiger partial charge in [0.1, 0.15) is 28.7 Å². The van der Waals surface area contributed by atoms with E-state index in [2.05, 4.69) is 0 Å². The molecule has 0 saturated heterocycles. The summed E-state index contributed by atoms with van der Waals surface area (Å²) >= 11 is 0. The van der Waals surface area contributed by atoms with Crippen molar-refractivity contribution in [3.05, 3.63) is 29.3 Å². The molecule has 0 aliphatic heterocycles. The number of hydrogen-bond acceptors (Lipinski definition) is 6. The summed E-state index contributed by atoms with van der Waals surface area (Å²) in [6.07, 6.45) is 0.784. The van der Waals surface area contributed by atoms with E-state index < -0.39 is 0 Å². The van der Waals surface area contributed by atoms with Crippen molar-refractivity contribution in [3.8, 4) is 28.7 Å². The quantitative estimate of drug-likeness (QED) is 0.480. The standard InChI is InChI=1S/C21H22O6/c1-11-13(10-22)16(25-4)9-12-17(11)21(27-6)19-15(24-3)8-7-14(23-2)18(19)20(12)26-5/h7-10H,1-6H3. The Kier molecular flexibility index (Phi) is 4.99. The van der Waals surface area contributed by atoms with E-state index in [0.717, 1.165) is 28.0 Å². The summed E-state index contributed by atoms with van der Waals surface area (Å²) in [5, 5.41) is 2.96. The van der Waals surface area contributed by atoms with Gasteiger partial charge in [-0.05, 0) is 30.7 Å². The van der Waals surface area contributed by atoms with Gasteiger partial charge in [-0.15, -0.1) is 0 Å². The second-order valence-corrected chi connectivity index (χ2v) is 5.94. The molecule has 0 fully saturated rings. The zero-order valence-electron chi connectivity index (χ0n) is 16.3. The lowest BCUT2D eigenvalue weighted by Crippen LogP contribution is -2.01. The Hall–Kier alpha value is -3.15. The van der Waals surface area contributed by atoms with Crippen LogP contribution in [-0.4, -0.2) is 41.8 Å². The van der Waals surface area contributed by atoms with Crippen molar-refractivity contribution in [2.45, 2.75) is 6.92 Å². The molecule has 0 spiro atoms. The van der Waals surface area contributed by atoms with Crippen LogP contribution in [0.2, 0.25) is 0 Å². The zero-order valence-corrected chi connectivity index (χ0v) is 16.3. The number of hydrogen-bond donors (Lipinski definition) is 0. The van der Waals surface area contributed by atoms with Crippen molar-refractivity contribution >= 4 is 27.8 Å². The Morgan fingerprint density at radius 3 is 1.67 bits per heavy atom. The molecular weight excluding hydrogens is 348 g/mol. The molecule has 6 heteroatoms. The lowest BCUT2D eigenvalue weighted by molar-refractivity contribution is 0.112. The highest BCUT2D eigenvalue weighted by Gasteiger charge is 2.25. The SMILES string of the molecule is COc1cc2c(OC)c3c(OC)ccc(OC)c3c(OC)c2c(C)c1C=O. The van der Waals surface area contributed by atoms with E-state index in [0.29, 0.717) is 39.7 Å². The van der Waals surface area contributed by atoms with Gasteiger partial charge in [0, 0.05) is 10.8 Å². The molecule has 0 aliphatic rings. The first-order valence-electron chi connectivity index (χ1n) is 8.32. The van der Waals surface area contributed by atoms with Crippen LogP contribution in [0.4, 0.5) is 0 Å². The molecule has 0 aliphatic carbocycles. The Labute approximate surface area is 157 Å². The Morgan fingerprint density at radius 1 is 0.704 bits per heavy atom. The maximum Gasteiger partial charge on any atom is 0.154 e. The average molecular weight is 370 g/mol. The fraction of sp³-hybridized carbons (Fsp3) is 0.286. The lowest BCUT2D eigenvalue weighted by Gasteiger charge is -2.21. The Balaban J connectivity index is 2.73. The van der Waals surface area contributed by atoms with Crippen LogP contribution >= 0.6 is 0 Å². The normalized spacial score (nSPS) is 10.7.